The molecule has 0 aliphatic carbocycles. The number of benzene rings is 3. The van der Waals surface area contributed by atoms with Crippen molar-refractivity contribution < 1.29 is 28.2 Å². The van der Waals surface area contributed by atoms with E-state index in [1.807, 2.05) is 49.4 Å². The van der Waals surface area contributed by atoms with E-state index in [4.69, 9.17) is 23.4 Å². The summed E-state index contributed by atoms with van der Waals surface area (Å²) in [7, 11) is 6.35. The minimum Gasteiger partial charge on any atom is -0.496 e. The van der Waals surface area contributed by atoms with Crippen molar-refractivity contribution in [3.63, 3.8) is 0 Å². The first-order chi connectivity index (χ1) is 17.0. The molecular formula is C28H27NO6. The molecule has 1 aromatic heterocycles. The third-order valence-electron chi connectivity index (χ3n) is 5.73. The number of allylic oxidation sites excluding steroid dienone is 1. The second kappa shape index (κ2) is 10.3. The van der Waals surface area contributed by atoms with Gasteiger partial charge in [-0.2, -0.15) is 0 Å². The van der Waals surface area contributed by atoms with Crippen LogP contribution < -0.4 is 24.3 Å². The lowest BCUT2D eigenvalue weighted by Gasteiger charge is -2.12. The number of para-hydroxylation sites is 2. The Balaban J connectivity index is 1.72. The number of carbonyl (C=O) groups is 1. The third-order valence-corrected chi connectivity index (χ3v) is 5.73. The molecule has 0 radical (unpaired) electrons. The van der Waals surface area contributed by atoms with Gasteiger partial charge < -0.3 is 28.7 Å². The topological polar surface area (TPSA) is 79.2 Å². The molecule has 0 aliphatic heterocycles. The minimum atomic E-state index is -0.276. The van der Waals surface area contributed by atoms with Crippen molar-refractivity contribution in [2.75, 3.05) is 33.8 Å². The number of ether oxygens (including phenoxy) is 4. The zero-order chi connectivity index (χ0) is 24.9. The number of carbonyl (C=O) groups excluding carboxylic acids is 1. The van der Waals surface area contributed by atoms with Crippen LogP contribution in [0.25, 0.3) is 27.7 Å². The lowest BCUT2D eigenvalue weighted by atomic mass is 9.99. The van der Waals surface area contributed by atoms with Crippen LogP contribution >= 0.6 is 0 Å². The number of fused-ring (bicyclic) bond motifs is 1. The van der Waals surface area contributed by atoms with Gasteiger partial charge in [-0.15, -0.1) is 0 Å². The molecule has 180 valence electrons. The van der Waals surface area contributed by atoms with Crippen molar-refractivity contribution in [2.24, 2.45) is 0 Å². The Morgan fingerprint density at radius 2 is 1.54 bits per heavy atom. The number of methoxy groups -OCH3 is 4. The molecule has 4 aromatic rings. The second-order valence-electron chi connectivity index (χ2n) is 7.78. The average Bonchev–Trinajstić information content (AvgIpc) is 3.30. The van der Waals surface area contributed by atoms with Crippen molar-refractivity contribution in [1.29, 1.82) is 0 Å². The van der Waals surface area contributed by atoms with Crippen LogP contribution in [0.5, 0.6) is 23.0 Å². The SMILES string of the molecule is COc1ccccc1NC(=O)/C=C(\C)c1cc2c(-c3ccc(OC)c(OC)c3)coc2cc1OC. The summed E-state index contributed by atoms with van der Waals surface area (Å²) in [6, 6.07) is 16.7. The van der Waals surface area contributed by atoms with Gasteiger partial charge in [-0.3, -0.25) is 4.79 Å². The molecule has 4 rings (SSSR count). The van der Waals surface area contributed by atoms with E-state index in [1.54, 1.807) is 46.8 Å². The standard InChI is InChI=1S/C28H27NO6/c1-17(12-28(30)29-22-8-6-7-9-23(22)31-2)19-14-20-21(16-35-26(20)15-25(19)33-4)18-10-11-24(32-3)27(13-18)34-5/h6-16H,1-5H3,(H,29,30)/b17-12+. The maximum absolute atomic E-state index is 12.8. The molecule has 0 bridgehead atoms. The van der Waals surface area contributed by atoms with Gasteiger partial charge in [0.15, 0.2) is 11.5 Å². The monoisotopic (exact) mass is 473 g/mol. The summed E-state index contributed by atoms with van der Waals surface area (Å²) in [6.07, 6.45) is 3.23. The summed E-state index contributed by atoms with van der Waals surface area (Å²) >= 11 is 0. The molecule has 3 aromatic carbocycles. The molecule has 0 atom stereocenters. The molecule has 0 fully saturated rings. The Morgan fingerprint density at radius 1 is 0.829 bits per heavy atom. The number of amides is 1. The van der Waals surface area contributed by atoms with E-state index >= 15 is 0 Å². The normalized spacial score (nSPS) is 11.3. The van der Waals surface area contributed by atoms with Crippen LogP contribution in [0.3, 0.4) is 0 Å². The maximum Gasteiger partial charge on any atom is 0.248 e. The molecule has 0 saturated carbocycles. The first kappa shape index (κ1) is 23.8. The van der Waals surface area contributed by atoms with Gasteiger partial charge in [0.1, 0.15) is 17.1 Å². The zero-order valence-corrected chi connectivity index (χ0v) is 20.3. The summed E-state index contributed by atoms with van der Waals surface area (Å²) in [5.74, 6) is 2.18. The summed E-state index contributed by atoms with van der Waals surface area (Å²) in [5, 5.41) is 3.75. The van der Waals surface area contributed by atoms with Gasteiger partial charge in [0.25, 0.3) is 0 Å². The Bertz CT molecular complexity index is 1400. The molecule has 1 N–H and O–H groups in total. The third kappa shape index (κ3) is 4.80. The quantitative estimate of drug-likeness (QED) is 0.308. The largest absolute Gasteiger partial charge is 0.496 e. The number of hydrogen-bond acceptors (Lipinski definition) is 6. The first-order valence-electron chi connectivity index (χ1n) is 10.9. The van der Waals surface area contributed by atoms with Crippen LogP contribution in [0.2, 0.25) is 0 Å². The Kier molecular flexibility index (Phi) is 6.96. The highest BCUT2D eigenvalue weighted by Crippen LogP contribution is 2.40. The Labute approximate surface area is 203 Å². The molecule has 7 nitrogen and oxygen atoms in total. The molecular weight excluding hydrogens is 446 g/mol. The second-order valence-corrected chi connectivity index (χ2v) is 7.78. The van der Waals surface area contributed by atoms with E-state index in [1.165, 1.54) is 6.08 Å². The van der Waals surface area contributed by atoms with Gasteiger partial charge in [0, 0.05) is 28.7 Å². The lowest BCUT2D eigenvalue weighted by molar-refractivity contribution is -0.111. The first-order valence-corrected chi connectivity index (χ1v) is 10.9. The molecule has 0 unspecified atom stereocenters. The van der Waals surface area contributed by atoms with Gasteiger partial charge in [-0.1, -0.05) is 18.2 Å². The van der Waals surface area contributed by atoms with Gasteiger partial charge in [0.2, 0.25) is 5.91 Å². The predicted octanol–water partition coefficient (Wildman–Crippen LogP) is 6.18. The van der Waals surface area contributed by atoms with Gasteiger partial charge >= 0.3 is 0 Å². The van der Waals surface area contributed by atoms with E-state index in [-0.39, 0.29) is 5.91 Å². The fourth-order valence-corrected chi connectivity index (χ4v) is 3.95. The molecule has 0 spiro atoms. The number of anilines is 1. The summed E-state index contributed by atoms with van der Waals surface area (Å²) in [5.41, 5.74) is 4.57. The molecule has 7 heteroatoms. The smallest absolute Gasteiger partial charge is 0.248 e. The van der Waals surface area contributed by atoms with E-state index in [0.29, 0.717) is 34.3 Å². The van der Waals surface area contributed by atoms with Crippen molar-refractivity contribution in [1.82, 2.24) is 0 Å². The van der Waals surface area contributed by atoms with Crippen LogP contribution in [0.15, 0.2) is 71.4 Å². The fraction of sp³-hybridized carbons (Fsp3) is 0.179. The highest BCUT2D eigenvalue weighted by molar-refractivity contribution is 6.06. The van der Waals surface area contributed by atoms with Gasteiger partial charge in [0.05, 0.1) is 40.4 Å². The molecule has 1 amide bonds. The van der Waals surface area contributed by atoms with Crippen molar-refractivity contribution in [3.05, 3.63) is 72.5 Å². The minimum absolute atomic E-state index is 0.276. The van der Waals surface area contributed by atoms with Crippen molar-refractivity contribution >= 4 is 28.1 Å². The van der Waals surface area contributed by atoms with Crippen LogP contribution in [0, 0.1) is 0 Å². The van der Waals surface area contributed by atoms with Crippen molar-refractivity contribution in [3.8, 4) is 34.1 Å². The molecule has 35 heavy (non-hydrogen) atoms. The number of hydrogen-bond donors (Lipinski definition) is 1. The number of nitrogens with one attached hydrogen (secondary N) is 1. The van der Waals surface area contributed by atoms with Crippen LogP contribution in [0.1, 0.15) is 12.5 Å². The Hall–Kier alpha value is -4.39. The van der Waals surface area contributed by atoms with Crippen LogP contribution in [-0.2, 0) is 4.79 Å². The predicted molar refractivity (Wildman–Crippen MR) is 137 cm³/mol. The highest BCUT2D eigenvalue weighted by Gasteiger charge is 2.16. The Morgan fingerprint density at radius 3 is 2.26 bits per heavy atom. The summed E-state index contributed by atoms with van der Waals surface area (Å²) in [6.45, 7) is 1.86. The van der Waals surface area contributed by atoms with E-state index in [9.17, 15) is 4.79 Å². The molecule has 1 heterocycles. The summed E-state index contributed by atoms with van der Waals surface area (Å²) < 4.78 is 27.6. The van der Waals surface area contributed by atoms with Crippen LogP contribution in [0.4, 0.5) is 5.69 Å². The number of rotatable bonds is 8. The van der Waals surface area contributed by atoms with Crippen molar-refractivity contribution in [2.45, 2.75) is 6.92 Å². The van der Waals surface area contributed by atoms with Gasteiger partial charge in [-0.25, -0.2) is 0 Å². The van der Waals surface area contributed by atoms with E-state index in [0.717, 1.165) is 27.6 Å². The number of furan rings is 1. The highest BCUT2D eigenvalue weighted by atomic mass is 16.5. The molecule has 0 aliphatic rings. The van der Waals surface area contributed by atoms with E-state index < -0.39 is 0 Å². The summed E-state index contributed by atoms with van der Waals surface area (Å²) in [4.78, 5) is 12.8. The van der Waals surface area contributed by atoms with Gasteiger partial charge in [-0.05, 0) is 48.4 Å². The van der Waals surface area contributed by atoms with E-state index in [2.05, 4.69) is 5.32 Å². The molecule has 0 saturated heterocycles. The van der Waals surface area contributed by atoms with Crippen LogP contribution in [-0.4, -0.2) is 34.3 Å². The average molecular weight is 474 g/mol. The fourth-order valence-electron chi connectivity index (χ4n) is 3.95. The zero-order valence-electron chi connectivity index (χ0n) is 20.3. The maximum atomic E-state index is 12.8. The lowest BCUT2D eigenvalue weighted by Crippen LogP contribution is -2.09.